The Labute approximate surface area is 104 Å². The van der Waals surface area contributed by atoms with Gasteiger partial charge in [-0.15, -0.1) is 0 Å². The van der Waals surface area contributed by atoms with E-state index in [9.17, 15) is 9.59 Å². The Balaban J connectivity index is 2.32. The predicted molar refractivity (Wildman–Crippen MR) is 68.0 cm³/mol. The summed E-state index contributed by atoms with van der Waals surface area (Å²) in [5.74, 6) is -0.364. The van der Waals surface area contributed by atoms with Gasteiger partial charge in [0.05, 0.1) is 11.2 Å². The molecule has 1 N–H and O–H groups in total. The van der Waals surface area contributed by atoms with Gasteiger partial charge in [-0.1, -0.05) is 18.2 Å². The highest BCUT2D eigenvalue weighted by Crippen LogP contribution is 2.20. The number of aliphatic imine (C=N–C) groups is 1. The molecule has 5 nitrogen and oxygen atoms in total. The number of nitrogens with zero attached hydrogens (tertiary/aromatic N) is 2. The lowest BCUT2D eigenvalue weighted by Crippen LogP contribution is -2.23. The van der Waals surface area contributed by atoms with Crippen LogP contribution in [0.1, 0.15) is 6.92 Å². The second-order valence-electron chi connectivity index (χ2n) is 3.77. The average Bonchev–Trinajstić information content (AvgIpc) is 2.39. The van der Waals surface area contributed by atoms with Crippen molar-refractivity contribution in [3.63, 3.8) is 0 Å². The molecule has 1 aromatic carbocycles. The zero-order valence-corrected chi connectivity index (χ0v) is 9.75. The van der Waals surface area contributed by atoms with Gasteiger partial charge in [-0.3, -0.25) is 9.78 Å². The van der Waals surface area contributed by atoms with Crippen LogP contribution in [0.5, 0.6) is 0 Å². The number of aromatic nitrogens is 1. The number of carbonyl (C=O) groups excluding carboxylic acids is 2. The predicted octanol–water partition coefficient (Wildman–Crippen LogP) is 1.90. The van der Waals surface area contributed by atoms with Crippen LogP contribution >= 0.6 is 0 Å². The maximum absolute atomic E-state index is 11.7. The summed E-state index contributed by atoms with van der Waals surface area (Å²) >= 11 is 0. The maximum atomic E-state index is 11.7. The zero-order valence-electron chi connectivity index (χ0n) is 9.75. The van der Waals surface area contributed by atoms with E-state index >= 15 is 0 Å². The van der Waals surface area contributed by atoms with Crippen molar-refractivity contribution in [3.05, 3.63) is 36.5 Å². The first-order chi connectivity index (χ1) is 8.72. The SMILES string of the molecule is C[C@H](N=C=O)C(=O)Nc1cccc2cccnc12. The van der Waals surface area contributed by atoms with E-state index in [1.807, 2.05) is 24.3 Å². The number of fused-ring (bicyclic) bond motifs is 1. The number of anilines is 1. The molecule has 18 heavy (non-hydrogen) atoms. The number of benzene rings is 1. The highest BCUT2D eigenvalue weighted by Gasteiger charge is 2.13. The molecule has 2 rings (SSSR count). The maximum Gasteiger partial charge on any atom is 0.249 e. The number of rotatable bonds is 3. The fourth-order valence-electron chi connectivity index (χ4n) is 1.58. The van der Waals surface area contributed by atoms with Gasteiger partial charge in [0.25, 0.3) is 0 Å². The van der Waals surface area contributed by atoms with Crippen molar-refractivity contribution in [2.45, 2.75) is 13.0 Å². The Morgan fingerprint density at radius 3 is 2.94 bits per heavy atom. The summed E-state index contributed by atoms with van der Waals surface area (Å²) in [7, 11) is 0. The molecule has 0 saturated carbocycles. The van der Waals surface area contributed by atoms with Crippen LogP contribution in [0.2, 0.25) is 0 Å². The summed E-state index contributed by atoms with van der Waals surface area (Å²) in [5, 5.41) is 3.63. The number of isocyanates is 1. The van der Waals surface area contributed by atoms with E-state index in [1.54, 1.807) is 12.3 Å². The summed E-state index contributed by atoms with van der Waals surface area (Å²) in [6, 6.07) is 8.46. The summed E-state index contributed by atoms with van der Waals surface area (Å²) in [4.78, 5) is 29.4. The van der Waals surface area contributed by atoms with Crippen molar-refractivity contribution < 1.29 is 9.59 Å². The second-order valence-corrected chi connectivity index (χ2v) is 3.77. The monoisotopic (exact) mass is 241 g/mol. The third-order valence-corrected chi connectivity index (χ3v) is 2.52. The minimum Gasteiger partial charge on any atom is -0.322 e. The number of amides is 1. The van der Waals surface area contributed by atoms with E-state index in [-0.39, 0.29) is 5.91 Å². The molecular formula is C13H11N3O2. The van der Waals surface area contributed by atoms with Gasteiger partial charge >= 0.3 is 0 Å². The van der Waals surface area contributed by atoms with E-state index in [4.69, 9.17) is 0 Å². The van der Waals surface area contributed by atoms with Crippen molar-refractivity contribution in [2.75, 3.05) is 5.32 Å². The van der Waals surface area contributed by atoms with Gasteiger partial charge in [-0.05, 0) is 19.1 Å². The Kier molecular flexibility index (Phi) is 3.46. The van der Waals surface area contributed by atoms with E-state index in [0.29, 0.717) is 11.2 Å². The molecule has 90 valence electrons. The van der Waals surface area contributed by atoms with Crippen molar-refractivity contribution in [3.8, 4) is 0 Å². The van der Waals surface area contributed by atoms with Crippen LogP contribution in [0, 0.1) is 0 Å². The van der Waals surface area contributed by atoms with Gasteiger partial charge < -0.3 is 5.32 Å². The van der Waals surface area contributed by atoms with Crippen LogP contribution in [0.3, 0.4) is 0 Å². The van der Waals surface area contributed by atoms with Crippen molar-refractivity contribution >= 4 is 28.6 Å². The molecule has 0 aliphatic heterocycles. The Bertz CT molecular complexity index is 628. The lowest BCUT2D eigenvalue weighted by molar-refractivity contribution is -0.116. The number of carbonyl (C=O) groups is 1. The van der Waals surface area contributed by atoms with Gasteiger partial charge in [0.15, 0.2) is 0 Å². The number of hydrogen-bond acceptors (Lipinski definition) is 4. The molecule has 1 aromatic heterocycles. The Morgan fingerprint density at radius 2 is 2.17 bits per heavy atom. The molecule has 2 aromatic rings. The van der Waals surface area contributed by atoms with Gasteiger partial charge in [0, 0.05) is 11.6 Å². The van der Waals surface area contributed by atoms with E-state index in [0.717, 1.165) is 5.39 Å². The highest BCUT2D eigenvalue weighted by atomic mass is 16.2. The zero-order chi connectivity index (χ0) is 13.0. The number of para-hydroxylation sites is 1. The molecule has 0 bridgehead atoms. The van der Waals surface area contributed by atoms with Crippen LogP contribution in [-0.2, 0) is 9.59 Å². The number of pyridine rings is 1. The minimum atomic E-state index is -0.763. The van der Waals surface area contributed by atoms with Crippen molar-refractivity contribution in [1.29, 1.82) is 0 Å². The van der Waals surface area contributed by atoms with Crippen molar-refractivity contribution in [2.24, 2.45) is 4.99 Å². The normalized spacial score (nSPS) is 11.6. The molecule has 1 atom stereocenters. The first-order valence-electron chi connectivity index (χ1n) is 5.44. The van der Waals surface area contributed by atoms with Gasteiger partial charge in [-0.25, -0.2) is 4.79 Å². The molecule has 0 spiro atoms. The molecule has 0 aliphatic carbocycles. The lowest BCUT2D eigenvalue weighted by atomic mass is 10.2. The first-order valence-corrected chi connectivity index (χ1v) is 5.44. The molecule has 0 fully saturated rings. The van der Waals surface area contributed by atoms with Gasteiger partial charge in [0.2, 0.25) is 12.0 Å². The number of hydrogen-bond donors (Lipinski definition) is 1. The standard InChI is InChI=1S/C13H11N3O2/c1-9(15-8-17)13(18)16-11-6-2-4-10-5-3-7-14-12(10)11/h2-7,9H,1H3,(H,16,18)/t9-/m0/s1. The van der Waals surface area contributed by atoms with Crippen LogP contribution in [0.15, 0.2) is 41.5 Å². The number of nitrogens with one attached hydrogen (secondary N) is 1. The van der Waals surface area contributed by atoms with Crippen LogP contribution in [0.25, 0.3) is 10.9 Å². The van der Waals surface area contributed by atoms with Gasteiger partial charge in [0.1, 0.15) is 6.04 Å². The van der Waals surface area contributed by atoms with Gasteiger partial charge in [-0.2, -0.15) is 4.99 Å². The van der Waals surface area contributed by atoms with Crippen LogP contribution < -0.4 is 5.32 Å². The molecule has 5 heteroatoms. The molecule has 0 aliphatic rings. The largest absolute Gasteiger partial charge is 0.322 e. The topological polar surface area (TPSA) is 71.4 Å². The van der Waals surface area contributed by atoms with E-state index < -0.39 is 6.04 Å². The Morgan fingerprint density at radius 1 is 1.39 bits per heavy atom. The molecule has 1 amide bonds. The molecule has 0 radical (unpaired) electrons. The third kappa shape index (κ3) is 2.42. The summed E-state index contributed by atoms with van der Waals surface area (Å²) in [6.07, 6.45) is 3.03. The van der Waals surface area contributed by atoms with E-state index in [1.165, 1.54) is 13.0 Å². The second kappa shape index (κ2) is 5.21. The fourth-order valence-corrected chi connectivity index (χ4v) is 1.58. The molecule has 0 unspecified atom stereocenters. The first kappa shape index (κ1) is 12.0. The smallest absolute Gasteiger partial charge is 0.249 e. The molecular weight excluding hydrogens is 230 g/mol. The third-order valence-electron chi connectivity index (χ3n) is 2.52. The lowest BCUT2D eigenvalue weighted by Gasteiger charge is -2.09. The quantitative estimate of drug-likeness (QED) is 0.659. The average molecular weight is 241 g/mol. The highest BCUT2D eigenvalue weighted by molar-refractivity contribution is 6.02. The summed E-state index contributed by atoms with van der Waals surface area (Å²) in [5.41, 5.74) is 1.31. The Hall–Kier alpha value is -2.52. The van der Waals surface area contributed by atoms with Crippen LogP contribution in [0.4, 0.5) is 5.69 Å². The van der Waals surface area contributed by atoms with Crippen LogP contribution in [-0.4, -0.2) is 23.0 Å². The minimum absolute atomic E-state index is 0.364. The molecule has 1 heterocycles. The molecule has 0 saturated heterocycles. The van der Waals surface area contributed by atoms with E-state index in [2.05, 4.69) is 15.3 Å². The summed E-state index contributed by atoms with van der Waals surface area (Å²) in [6.45, 7) is 1.53. The fraction of sp³-hybridized carbons (Fsp3) is 0.154. The summed E-state index contributed by atoms with van der Waals surface area (Å²) < 4.78 is 0. The van der Waals surface area contributed by atoms with Crippen molar-refractivity contribution in [1.82, 2.24) is 4.98 Å².